The van der Waals surface area contributed by atoms with Crippen molar-refractivity contribution >= 4 is 20.7 Å². The molecule has 2 atom stereocenters. The minimum atomic E-state index is -1.53. The molecular weight excluding hydrogens is 155 g/mol. The minimum Gasteiger partial charge on any atom is -0.146 e. The number of hydrogen-bond donors (Lipinski definition) is 1. The molecule has 0 aromatic rings. The number of hydrogen-bond acceptors (Lipinski definition) is 3. The zero-order chi connectivity index (χ0) is 7.28. The van der Waals surface area contributed by atoms with Crippen molar-refractivity contribution in [3.05, 3.63) is 0 Å². The van der Waals surface area contributed by atoms with Crippen molar-refractivity contribution in [2.45, 2.75) is 25.3 Å². The van der Waals surface area contributed by atoms with Crippen LogP contribution in [-0.4, -0.2) is 11.6 Å². The fourth-order valence-electron chi connectivity index (χ4n) is 0.362. The first kappa shape index (κ1) is 9.41. The highest BCUT2D eigenvalue weighted by Gasteiger charge is 2.25. The Bertz CT molecular complexity index is 97.0. The van der Waals surface area contributed by atoms with Crippen LogP contribution in [-0.2, 0) is 9.09 Å². The molecule has 2 nitrogen and oxygen atoms in total. The van der Waals surface area contributed by atoms with E-state index >= 15 is 0 Å². The normalized spacial score (nSPS) is 15.2. The van der Waals surface area contributed by atoms with Gasteiger partial charge in [0.05, 0.1) is 6.61 Å². The molecule has 0 aromatic heterocycles. The molecule has 0 aliphatic heterocycles. The van der Waals surface area contributed by atoms with Crippen molar-refractivity contribution in [2.24, 2.45) is 0 Å². The second-order valence-corrected chi connectivity index (χ2v) is 4.07. The number of rotatable bonds is 4. The van der Waals surface area contributed by atoms with Crippen molar-refractivity contribution in [1.82, 2.24) is 0 Å². The molecule has 2 unspecified atom stereocenters. The van der Waals surface area contributed by atoms with Crippen LogP contribution in [0.4, 0.5) is 0 Å². The molecule has 0 saturated carbocycles. The second kappa shape index (κ2) is 5.21. The summed E-state index contributed by atoms with van der Waals surface area (Å²) in [6.07, 6.45) is 0.790. The van der Waals surface area contributed by atoms with Gasteiger partial charge in [0.1, 0.15) is 0 Å². The molecular formula is C5H12O2PS+. The summed E-state index contributed by atoms with van der Waals surface area (Å²) >= 11 is 4.05. The van der Waals surface area contributed by atoms with Crippen molar-refractivity contribution < 1.29 is 9.09 Å². The first-order valence-electron chi connectivity index (χ1n) is 2.99. The van der Waals surface area contributed by atoms with Gasteiger partial charge in [-0.3, -0.25) is 0 Å². The molecule has 54 valence electrons. The molecule has 0 saturated heterocycles. The highest BCUT2D eigenvalue weighted by atomic mass is 32.1. The molecule has 0 aromatic carbocycles. The van der Waals surface area contributed by atoms with Gasteiger partial charge >= 0.3 is 8.03 Å². The van der Waals surface area contributed by atoms with Gasteiger partial charge in [-0.1, -0.05) is 6.92 Å². The highest BCUT2D eigenvalue weighted by Crippen LogP contribution is 2.33. The Kier molecular flexibility index (Phi) is 5.45. The Labute approximate surface area is 62.3 Å². The van der Waals surface area contributed by atoms with Gasteiger partial charge in [-0.25, -0.2) is 0 Å². The first-order chi connectivity index (χ1) is 4.22. The third-order valence-electron chi connectivity index (χ3n) is 0.865. The van der Waals surface area contributed by atoms with E-state index in [9.17, 15) is 4.57 Å². The molecule has 4 heteroatoms. The van der Waals surface area contributed by atoms with E-state index in [0.29, 0.717) is 6.61 Å². The molecule has 0 aliphatic carbocycles. The zero-order valence-corrected chi connectivity index (χ0v) is 7.49. The van der Waals surface area contributed by atoms with Crippen LogP contribution < -0.4 is 0 Å². The van der Waals surface area contributed by atoms with Gasteiger partial charge in [0.15, 0.2) is 0 Å². The van der Waals surface area contributed by atoms with E-state index in [2.05, 4.69) is 12.6 Å². The Morgan fingerprint density at radius 3 is 2.56 bits per heavy atom. The maximum absolute atomic E-state index is 10.8. The van der Waals surface area contributed by atoms with E-state index in [0.717, 1.165) is 6.42 Å². The van der Waals surface area contributed by atoms with Crippen LogP contribution in [0, 0.1) is 0 Å². The van der Waals surface area contributed by atoms with E-state index < -0.39 is 8.03 Å². The summed E-state index contributed by atoms with van der Waals surface area (Å²) in [6, 6.07) is 0. The first-order valence-corrected chi connectivity index (χ1v) is 4.76. The lowest BCUT2D eigenvalue weighted by Gasteiger charge is -1.90. The smallest absolute Gasteiger partial charge is 0.146 e. The monoisotopic (exact) mass is 167 g/mol. The maximum atomic E-state index is 10.8. The molecule has 0 amide bonds. The van der Waals surface area contributed by atoms with Crippen LogP contribution in [0.5, 0.6) is 0 Å². The van der Waals surface area contributed by atoms with Crippen LogP contribution in [0.25, 0.3) is 0 Å². The van der Waals surface area contributed by atoms with E-state index in [4.69, 9.17) is 4.52 Å². The molecule has 0 radical (unpaired) electrons. The fourth-order valence-corrected chi connectivity index (χ4v) is 1.29. The highest BCUT2D eigenvalue weighted by molar-refractivity contribution is 7.87. The van der Waals surface area contributed by atoms with Gasteiger partial charge in [-0.15, -0.1) is 17.2 Å². The standard InChI is InChI=1S/C5H11O2PS/c1-3-5(9)8(6)7-4-2/h5H,3-4H2,1-2H3/p+1. The second-order valence-electron chi connectivity index (χ2n) is 1.59. The lowest BCUT2D eigenvalue weighted by atomic mass is 10.6. The van der Waals surface area contributed by atoms with Gasteiger partial charge in [0, 0.05) is 6.42 Å². The fraction of sp³-hybridized carbons (Fsp3) is 1.00. The largest absolute Gasteiger partial charge is 0.522 e. The Balaban J connectivity index is 3.46. The molecule has 0 rings (SSSR count). The average molecular weight is 167 g/mol. The van der Waals surface area contributed by atoms with Crippen molar-refractivity contribution in [1.29, 1.82) is 0 Å². The third-order valence-corrected chi connectivity index (χ3v) is 3.16. The maximum Gasteiger partial charge on any atom is 0.522 e. The zero-order valence-electron chi connectivity index (χ0n) is 5.70. The molecule has 9 heavy (non-hydrogen) atoms. The molecule has 0 aliphatic rings. The van der Waals surface area contributed by atoms with Gasteiger partial charge in [0.2, 0.25) is 4.99 Å². The molecule has 0 spiro atoms. The molecule has 0 bridgehead atoms. The Hall–Kier alpha value is 0.410. The van der Waals surface area contributed by atoms with Crippen LogP contribution >= 0.6 is 20.7 Å². The van der Waals surface area contributed by atoms with E-state index in [-0.39, 0.29) is 4.99 Å². The Morgan fingerprint density at radius 1 is 1.67 bits per heavy atom. The summed E-state index contributed by atoms with van der Waals surface area (Å²) in [5.74, 6) is 0. The number of thiol groups is 1. The van der Waals surface area contributed by atoms with Gasteiger partial charge in [0.25, 0.3) is 0 Å². The van der Waals surface area contributed by atoms with Crippen LogP contribution in [0.1, 0.15) is 20.3 Å². The molecule has 0 fully saturated rings. The summed E-state index contributed by atoms with van der Waals surface area (Å²) in [6.45, 7) is 4.26. The van der Waals surface area contributed by atoms with Crippen LogP contribution in [0.15, 0.2) is 0 Å². The third kappa shape index (κ3) is 3.90. The Morgan fingerprint density at radius 2 is 2.22 bits per heavy atom. The van der Waals surface area contributed by atoms with E-state index in [1.807, 2.05) is 13.8 Å². The summed E-state index contributed by atoms with van der Waals surface area (Å²) in [5.41, 5.74) is 0. The minimum absolute atomic E-state index is 0.0973. The quantitative estimate of drug-likeness (QED) is 0.514. The summed E-state index contributed by atoms with van der Waals surface area (Å²) < 4.78 is 15.7. The lowest BCUT2D eigenvalue weighted by Crippen LogP contribution is -1.90. The van der Waals surface area contributed by atoms with Gasteiger partial charge in [-0.05, 0) is 11.5 Å². The predicted molar refractivity (Wildman–Crippen MR) is 42.3 cm³/mol. The lowest BCUT2D eigenvalue weighted by molar-refractivity contribution is 0.348. The predicted octanol–water partition coefficient (Wildman–Crippen LogP) is 2.43. The molecule has 0 heterocycles. The van der Waals surface area contributed by atoms with Crippen LogP contribution in [0.3, 0.4) is 0 Å². The van der Waals surface area contributed by atoms with E-state index in [1.54, 1.807) is 0 Å². The van der Waals surface area contributed by atoms with E-state index in [1.165, 1.54) is 0 Å². The van der Waals surface area contributed by atoms with Crippen molar-refractivity contribution in [3.63, 3.8) is 0 Å². The van der Waals surface area contributed by atoms with Gasteiger partial charge < -0.3 is 0 Å². The van der Waals surface area contributed by atoms with Crippen LogP contribution in [0.2, 0.25) is 0 Å². The van der Waals surface area contributed by atoms with Gasteiger partial charge in [-0.2, -0.15) is 0 Å². The summed E-state index contributed by atoms with van der Waals surface area (Å²) in [4.78, 5) is -0.0973. The van der Waals surface area contributed by atoms with Crippen molar-refractivity contribution in [3.8, 4) is 0 Å². The summed E-state index contributed by atoms with van der Waals surface area (Å²) in [5, 5.41) is 0. The average Bonchev–Trinajstić information content (AvgIpc) is 1.87. The summed E-state index contributed by atoms with van der Waals surface area (Å²) in [7, 11) is -1.53. The SMILES string of the molecule is CCO[P+](=O)C(S)CC. The topological polar surface area (TPSA) is 26.3 Å². The molecule has 0 N–H and O–H groups in total. The van der Waals surface area contributed by atoms with Crippen molar-refractivity contribution in [2.75, 3.05) is 6.61 Å².